The van der Waals surface area contributed by atoms with Gasteiger partial charge in [0.2, 0.25) is 0 Å². The standard InChI is InChI=1S/C19H14FNO3S/c1-11-2-4-12(5-3-11)15-10-25-18(16(15)19(23)24)21-17(22)13-6-8-14(20)9-7-13/h2-10H,1H3,(H,21,22)(H,23,24)/p-1. The van der Waals surface area contributed by atoms with Crippen LogP contribution in [0.15, 0.2) is 53.9 Å². The quantitative estimate of drug-likeness (QED) is 0.780. The Labute approximate surface area is 147 Å². The molecule has 2 aromatic carbocycles. The second kappa shape index (κ2) is 6.86. The topological polar surface area (TPSA) is 69.2 Å². The van der Waals surface area contributed by atoms with Gasteiger partial charge >= 0.3 is 0 Å². The molecule has 0 aliphatic heterocycles. The number of anilines is 1. The van der Waals surface area contributed by atoms with E-state index < -0.39 is 17.7 Å². The van der Waals surface area contributed by atoms with E-state index in [0.29, 0.717) is 5.56 Å². The summed E-state index contributed by atoms with van der Waals surface area (Å²) in [5, 5.41) is 16.0. The molecule has 0 aliphatic carbocycles. The maximum atomic E-state index is 13.0. The van der Waals surface area contributed by atoms with Crippen LogP contribution >= 0.6 is 11.3 Å². The summed E-state index contributed by atoms with van der Waals surface area (Å²) in [6, 6.07) is 12.4. The van der Waals surface area contributed by atoms with Crippen LogP contribution in [0.2, 0.25) is 0 Å². The summed E-state index contributed by atoms with van der Waals surface area (Å²) in [5.74, 6) is -2.34. The lowest BCUT2D eigenvalue weighted by Gasteiger charge is -2.10. The minimum atomic E-state index is -1.37. The number of benzene rings is 2. The first-order valence-corrected chi connectivity index (χ1v) is 8.30. The van der Waals surface area contributed by atoms with Gasteiger partial charge in [-0.3, -0.25) is 4.79 Å². The van der Waals surface area contributed by atoms with Crippen molar-refractivity contribution in [3.8, 4) is 11.1 Å². The van der Waals surface area contributed by atoms with Gasteiger partial charge in [0, 0.05) is 22.1 Å². The summed E-state index contributed by atoms with van der Waals surface area (Å²) in [7, 11) is 0. The zero-order valence-electron chi connectivity index (χ0n) is 13.2. The highest BCUT2D eigenvalue weighted by molar-refractivity contribution is 7.15. The first kappa shape index (κ1) is 16.9. The maximum Gasteiger partial charge on any atom is 0.256 e. The molecule has 0 radical (unpaired) electrons. The molecule has 25 heavy (non-hydrogen) atoms. The minimum Gasteiger partial charge on any atom is -0.545 e. The number of carboxylic acid groups (broad SMARTS) is 1. The molecule has 1 amide bonds. The van der Waals surface area contributed by atoms with Crippen molar-refractivity contribution in [1.29, 1.82) is 0 Å². The molecule has 0 saturated carbocycles. The van der Waals surface area contributed by atoms with Crippen LogP contribution in [0.4, 0.5) is 9.39 Å². The first-order chi connectivity index (χ1) is 12.0. The molecule has 3 rings (SSSR count). The van der Waals surface area contributed by atoms with Crippen molar-refractivity contribution < 1.29 is 19.1 Å². The lowest BCUT2D eigenvalue weighted by Crippen LogP contribution is -2.24. The Kier molecular flexibility index (Phi) is 4.63. The van der Waals surface area contributed by atoms with Gasteiger partial charge in [-0.15, -0.1) is 11.3 Å². The van der Waals surface area contributed by atoms with Crippen LogP contribution in [0.1, 0.15) is 26.3 Å². The molecule has 3 aromatic rings. The lowest BCUT2D eigenvalue weighted by molar-refractivity contribution is -0.254. The van der Waals surface area contributed by atoms with Gasteiger partial charge in [0.15, 0.2) is 0 Å². The van der Waals surface area contributed by atoms with Gasteiger partial charge in [-0.2, -0.15) is 0 Å². The second-order valence-corrected chi connectivity index (χ2v) is 6.35. The van der Waals surface area contributed by atoms with Crippen molar-refractivity contribution in [3.63, 3.8) is 0 Å². The molecular weight excluding hydrogens is 341 g/mol. The molecule has 0 fully saturated rings. The van der Waals surface area contributed by atoms with Gasteiger partial charge in [0.25, 0.3) is 5.91 Å². The highest BCUT2D eigenvalue weighted by atomic mass is 32.1. The molecule has 1 aromatic heterocycles. The first-order valence-electron chi connectivity index (χ1n) is 7.42. The SMILES string of the molecule is Cc1ccc(-c2csc(NC(=O)c3ccc(F)cc3)c2C(=O)[O-])cc1. The van der Waals surface area contributed by atoms with E-state index in [1.165, 1.54) is 24.3 Å². The molecule has 0 aliphatic rings. The molecule has 0 bridgehead atoms. The number of aryl methyl sites for hydroxylation is 1. The number of hydrogen-bond donors (Lipinski definition) is 1. The Morgan fingerprint density at radius 3 is 2.28 bits per heavy atom. The number of aromatic carboxylic acids is 1. The van der Waals surface area contributed by atoms with Gasteiger partial charge in [-0.25, -0.2) is 4.39 Å². The van der Waals surface area contributed by atoms with Crippen LogP contribution < -0.4 is 10.4 Å². The molecule has 0 spiro atoms. The summed E-state index contributed by atoms with van der Waals surface area (Å²) in [6.07, 6.45) is 0. The fraction of sp³-hybridized carbons (Fsp3) is 0.0526. The van der Waals surface area contributed by atoms with E-state index in [1.807, 2.05) is 31.2 Å². The summed E-state index contributed by atoms with van der Waals surface area (Å²) in [5.41, 5.74) is 2.43. The average Bonchev–Trinajstić information content (AvgIpc) is 3.00. The Hall–Kier alpha value is -2.99. The molecule has 0 unspecified atom stereocenters. The third-order valence-corrected chi connectivity index (χ3v) is 4.59. The Morgan fingerprint density at radius 2 is 1.68 bits per heavy atom. The van der Waals surface area contributed by atoms with Crippen molar-refractivity contribution in [1.82, 2.24) is 0 Å². The Balaban J connectivity index is 1.94. The molecule has 4 nitrogen and oxygen atoms in total. The summed E-state index contributed by atoms with van der Waals surface area (Å²) >= 11 is 1.10. The van der Waals surface area contributed by atoms with Gasteiger partial charge in [0.1, 0.15) is 10.8 Å². The van der Waals surface area contributed by atoms with E-state index in [0.717, 1.165) is 22.5 Å². The van der Waals surface area contributed by atoms with E-state index >= 15 is 0 Å². The highest BCUT2D eigenvalue weighted by Crippen LogP contribution is 2.35. The molecule has 1 heterocycles. The molecule has 1 N–H and O–H groups in total. The number of halogens is 1. The van der Waals surface area contributed by atoms with Gasteiger partial charge in [-0.1, -0.05) is 29.8 Å². The maximum absolute atomic E-state index is 13.0. The van der Waals surface area contributed by atoms with E-state index in [4.69, 9.17) is 0 Å². The Morgan fingerprint density at radius 1 is 1.04 bits per heavy atom. The number of carbonyl (C=O) groups excluding carboxylic acids is 2. The summed E-state index contributed by atoms with van der Waals surface area (Å²) in [4.78, 5) is 23.9. The van der Waals surface area contributed by atoms with Crippen LogP contribution in [-0.2, 0) is 0 Å². The van der Waals surface area contributed by atoms with Crippen LogP contribution in [0.3, 0.4) is 0 Å². The van der Waals surface area contributed by atoms with E-state index in [2.05, 4.69) is 5.32 Å². The summed E-state index contributed by atoms with van der Waals surface area (Å²) in [6.45, 7) is 1.94. The lowest BCUT2D eigenvalue weighted by atomic mass is 10.0. The Bertz CT molecular complexity index is 930. The van der Waals surface area contributed by atoms with Crippen molar-refractivity contribution in [2.45, 2.75) is 6.92 Å². The van der Waals surface area contributed by atoms with Crippen molar-refractivity contribution in [2.75, 3.05) is 5.32 Å². The number of amides is 1. The van der Waals surface area contributed by atoms with Crippen molar-refractivity contribution in [3.05, 3.63) is 76.4 Å². The molecule has 126 valence electrons. The molecular formula is C19H13FNO3S-. The number of carbonyl (C=O) groups is 2. The minimum absolute atomic E-state index is 0.0654. The second-order valence-electron chi connectivity index (χ2n) is 5.47. The highest BCUT2D eigenvalue weighted by Gasteiger charge is 2.17. The summed E-state index contributed by atoms with van der Waals surface area (Å²) < 4.78 is 13.0. The fourth-order valence-corrected chi connectivity index (χ4v) is 3.33. The largest absolute Gasteiger partial charge is 0.545 e. The van der Waals surface area contributed by atoms with E-state index in [1.54, 1.807) is 5.38 Å². The van der Waals surface area contributed by atoms with Crippen LogP contribution in [-0.4, -0.2) is 11.9 Å². The zero-order valence-corrected chi connectivity index (χ0v) is 14.0. The van der Waals surface area contributed by atoms with Gasteiger partial charge in [0.05, 0.1) is 5.97 Å². The predicted octanol–water partition coefficient (Wildman–Crippen LogP) is 3.48. The third kappa shape index (κ3) is 3.59. The van der Waals surface area contributed by atoms with Gasteiger partial charge in [-0.05, 0) is 36.8 Å². The smallest absolute Gasteiger partial charge is 0.256 e. The monoisotopic (exact) mass is 354 g/mol. The average molecular weight is 354 g/mol. The third-order valence-electron chi connectivity index (χ3n) is 3.69. The predicted molar refractivity (Wildman–Crippen MR) is 93.2 cm³/mol. The molecule has 0 saturated heterocycles. The van der Waals surface area contributed by atoms with E-state index in [-0.39, 0.29) is 16.1 Å². The number of thiophene rings is 1. The normalized spacial score (nSPS) is 10.5. The van der Waals surface area contributed by atoms with Crippen LogP contribution in [0, 0.1) is 12.7 Å². The van der Waals surface area contributed by atoms with E-state index in [9.17, 15) is 19.1 Å². The number of nitrogens with one attached hydrogen (secondary N) is 1. The molecule has 0 atom stereocenters. The number of hydrogen-bond acceptors (Lipinski definition) is 4. The fourth-order valence-electron chi connectivity index (χ4n) is 2.37. The molecule has 6 heteroatoms. The zero-order chi connectivity index (χ0) is 18.0. The van der Waals surface area contributed by atoms with Crippen LogP contribution in [0.5, 0.6) is 0 Å². The van der Waals surface area contributed by atoms with Crippen LogP contribution in [0.25, 0.3) is 11.1 Å². The number of rotatable bonds is 4. The van der Waals surface area contributed by atoms with Crippen molar-refractivity contribution in [2.24, 2.45) is 0 Å². The number of carboxylic acids is 1. The van der Waals surface area contributed by atoms with Crippen molar-refractivity contribution >= 4 is 28.2 Å². The van der Waals surface area contributed by atoms with Gasteiger partial charge < -0.3 is 15.2 Å².